The van der Waals surface area contributed by atoms with Crippen molar-refractivity contribution in [2.45, 2.75) is 13.5 Å². The van der Waals surface area contributed by atoms with Crippen molar-refractivity contribution in [1.29, 1.82) is 0 Å². The summed E-state index contributed by atoms with van der Waals surface area (Å²) in [5, 5.41) is 7.40. The smallest absolute Gasteiger partial charge is 0.313 e. The van der Waals surface area contributed by atoms with Gasteiger partial charge in [0.05, 0.1) is 11.6 Å². The summed E-state index contributed by atoms with van der Waals surface area (Å²) >= 11 is 3.54. The average molecular weight is 416 g/mol. The van der Waals surface area contributed by atoms with Crippen LogP contribution >= 0.6 is 15.9 Å². The second kappa shape index (κ2) is 8.05. The van der Waals surface area contributed by atoms with Crippen LogP contribution in [-0.4, -0.2) is 17.3 Å². The fourth-order valence-corrected chi connectivity index (χ4v) is 2.87. The van der Waals surface area contributed by atoms with E-state index in [0.717, 1.165) is 15.6 Å². The first-order valence-electron chi connectivity index (χ1n) is 7.88. The summed E-state index contributed by atoms with van der Waals surface area (Å²) in [6.45, 7) is 2.50. The van der Waals surface area contributed by atoms with E-state index in [4.69, 9.17) is 19.6 Å². The van der Waals surface area contributed by atoms with E-state index in [1.807, 2.05) is 30.3 Å². The summed E-state index contributed by atoms with van der Waals surface area (Å²) in [4.78, 5) is 0. The molecule has 0 spiro atoms. The van der Waals surface area contributed by atoms with Gasteiger partial charge < -0.3 is 19.6 Å². The van der Waals surface area contributed by atoms with Gasteiger partial charge in [-0.2, -0.15) is 0 Å². The molecule has 0 aliphatic rings. The molecule has 2 N–H and O–H groups in total. The zero-order chi connectivity index (χ0) is 18.5. The molecular weight excluding hydrogens is 398 g/mol. The number of benzene rings is 2. The lowest BCUT2D eigenvalue weighted by Gasteiger charge is -2.13. The number of aryl methyl sites for hydroxylation is 1. The Morgan fingerprint density at radius 1 is 1.15 bits per heavy atom. The molecular formula is C19H18BrN3O3. The molecule has 7 heteroatoms. The van der Waals surface area contributed by atoms with Crippen molar-refractivity contribution in [2.75, 3.05) is 12.8 Å². The van der Waals surface area contributed by atoms with Crippen LogP contribution in [0.15, 0.2) is 45.3 Å². The molecule has 0 amide bonds. The number of nitrogens with two attached hydrogens (primary N) is 1. The van der Waals surface area contributed by atoms with Gasteiger partial charge in [-0.25, -0.2) is 0 Å². The van der Waals surface area contributed by atoms with Crippen molar-refractivity contribution in [2.24, 2.45) is 0 Å². The molecule has 0 saturated carbocycles. The normalized spacial score (nSPS) is 11.0. The van der Waals surface area contributed by atoms with E-state index in [2.05, 4.69) is 45.2 Å². The van der Waals surface area contributed by atoms with Crippen molar-refractivity contribution in [3.8, 4) is 11.5 Å². The van der Waals surface area contributed by atoms with E-state index in [1.165, 1.54) is 5.56 Å². The highest BCUT2D eigenvalue weighted by Crippen LogP contribution is 2.37. The lowest BCUT2D eigenvalue weighted by atomic mass is 10.1. The van der Waals surface area contributed by atoms with Crippen molar-refractivity contribution >= 4 is 34.1 Å². The second-order valence-corrected chi connectivity index (χ2v) is 6.47. The molecule has 1 aromatic heterocycles. The Balaban J connectivity index is 1.78. The van der Waals surface area contributed by atoms with E-state index >= 15 is 0 Å². The van der Waals surface area contributed by atoms with Crippen LogP contribution in [-0.2, 0) is 6.61 Å². The Kier molecular flexibility index (Phi) is 5.58. The van der Waals surface area contributed by atoms with E-state index in [1.54, 1.807) is 13.2 Å². The molecule has 0 saturated heterocycles. The van der Waals surface area contributed by atoms with Crippen molar-refractivity contribution in [1.82, 2.24) is 10.2 Å². The first kappa shape index (κ1) is 18.0. The topological polar surface area (TPSA) is 83.4 Å². The van der Waals surface area contributed by atoms with Crippen LogP contribution < -0.4 is 15.2 Å². The first-order chi connectivity index (χ1) is 12.5. The van der Waals surface area contributed by atoms with Gasteiger partial charge in [0, 0.05) is 6.08 Å². The SMILES string of the molecule is COc1cc(/C=C/c2nnc(N)o2)cc(Br)c1OCc1ccc(C)cc1. The van der Waals surface area contributed by atoms with Gasteiger partial charge in [0.2, 0.25) is 5.89 Å². The van der Waals surface area contributed by atoms with E-state index in [-0.39, 0.29) is 6.01 Å². The lowest BCUT2D eigenvalue weighted by molar-refractivity contribution is 0.282. The average Bonchev–Trinajstić information content (AvgIpc) is 3.05. The Labute approximate surface area is 159 Å². The molecule has 0 aliphatic heterocycles. The van der Waals surface area contributed by atoms with Gasteiger partial charge >= 0.3 is 6.01 Å². The third kappa shape index (κ3) is 4.43. The highest BCUT2D eigenvalue weighted by atomic mass is 79.9. The van der Waals surface area contributed by atoms with Gasteiger partial charge in [0.25, 0.3) is 0 Å². The molecule has 134 valence electrons. The highest BCUT2D eigenvalue weighted by Gasteiger charge is 2.11. The Bertz CT molecular complexity index is 920. The third-order valence-electron chi connectivity index (χ3n) is 3.63. The van der Waals surface area contributed by atoms with Crippen LogP contribution in [0.4, 0.5) is 6.01 Å². The van der Waals surface area contributed by atoms with Crippen LogP contribution in [0, 0.1) is 6.92 Å². The minimum Gasteiger partial charge on any atom is -0.493 e. The Morgan fingerprint density at radius 3 is 2.58 bits per heavy atom. The molecule has 0 bridgehead atoms. The van der Waals surface area contributed by atoms with E-state index < -0.39 is 0 Å². The monoisotopic (exact) mass is 415 g/mol. The predicted octanol–water partition coefficient (Wildman–Crippen LogP) is 4.48. The number of rotatable bonds is 6. The summed E-state index contributed by atoms with van der Waals surface area (Å²) in [5.41, 5.74) is 8.59. The molecule has 0 aliphatic carbocycles. The number of aromatic nitrogens is 2. The molecule has 0 radical (unpaired) electrons. The lowest BCUT2D eigenvalue weighted by Crippen LogP contribution is -1.99. The largest absolute Gasteiger partial charge is 0.493 e. The standard InChI is InChI=1S/C19H18BrN3O3/c1-12-3-5-13(6-4-12)11-25-18-15(20)9-14(10-16(18)24-2)7-8-17-22-23-19(21)26-17/h3-10H,11H2,1-2H3,(H2,21,23)/b8-7+. The minimum atomic E-state index is 0.0308. The zero-order valence-corrected chi connectivity index (χ0v) is 16.0. The maximum Gasteiger partial charge on any atom is 0.313 e. The molecule has 26 heavy (non-hydrogen) atoms. The molecule has 2 aromatic carbocycles. The van der Waals surface area contributed by atoms with Gasteiger partial charge in [-0.05, 0) is 52.2 Å². The molecule has 0 fully saturated rings. The number of ether oxygens (including phenoxy) is 2. The van der Waals surface area contributed by atoms with Crippen molar-refractivity contribution in [3.05, 3.63) is 63.5 Å². The molecule has 0 atom stereocenters. The van der Waals surface area contributed by atoms with Crippen LogP contribution in [0.3, 0.4) is 0 Å². The minimum absolute atomic E-state index is 0.0308. The van der Waals surface area contributed by atoms with Crippen LogP contribution in [0.5, 0.6) is 11.5 Å². The van der Waals surface area contributed by atoms with E-state index in [0.29, 0.717) is 24.0 Å². The maximum atomic E-state index is 5.95. The van der Waals surface area contributed by atoms with Gasteiger partial charge in [-0.1, -0.05) is 34.9 Å². The summed E-state index contributed by atoms with van der Waals surface area (Å²) in [6.07, 6.45) is 3.50. The Hall–Kier alpha value is -2.80. The zero-order valence-electron chi connectivity index (χ0n) is 14.4. The van der Waals surface area contributed by atoms with Crippen molar-refractivity contribution in [3.63, 3.8) is 0 Å². The molecule has 1 heterocycles. The van der Waals surface area contributed by atoms with Crippen molar-refractivity contribution < 1.29 is 13.9 Å². The van der Waals surface area contributed by atoms with Gasteiger partial charge in [0.15, 0.2) is 11.5 Å². The summed E-state index contributed by atoms with van der Waals surface area (Å²) < 4.78 is 17.3. The highest BCUT2D eigenvalue weighted by molar-refractivity contribution is 9.10. The van der Waals surface area contributed by atoms with Crippen LogP contribution in [0.2, 0.25) is 0 Å². The van der Waals surface area contributed by atoms with Gasteiger partial charge in [-0.3, -0.25) is 0 Å². The number of nitrogen functional groups attached to an aromatic ring is 1. The fourth-order valence-electron chi connectivity index (χ4n) is 2.30. The predicted molar refractivity (Wildman–Crippen MR) is 104 cm³/mol. The molecule has 0 unspecified atom stereocenters. The van der Waals surface area contributed by atoms with Gasteiger partial charge in [0.1, 0.15) is 6.61 Å². The third-order valence-corrected chi connectivity index (χ3v) is 4.22. The summed E-state index contributed by atoms with van der Waals surface area (Å²) in [7, 11) is 1.60. The number of hydrogen-bond donors (Lipinski definition) is 1. The number of halogens is 1. The number of anilines is 1. The number of methoxy groups -OCH3 is 1. The molecule has 3 rings (SSSR count). The van der Waals surface area contributed by atoms with Crippen LogP contribution in [0.25, 0.3) is 12.2 Å². The van der Waals surface area contributed by atoms with Crippen LogP contribution in [0.1, 0.15) is 22.6 Å². The summed E-state index contributed by atoms with van der Waals surface area (Å²) in [5.74, 6) is 1.60. The fraction of sp³-hybridized carbons (Fsp3) is 0.158. The van der Waals surface area contributed by atoms with Gasteiger partial charge in [-0.15, -0.1) is 5.10 Å². The Morgan fingerprint density at radius 2 is 1.92 bits per heavy atom. The molecule has 6 nitrogen and oxygen atoms in total. The quantitative estimate of drug-likeness (QED) is 0.638. The first-order valence-corrected chi connectivity index (χ1v) is 8.67. The number of nitrogens with zero attached hydrogens (tertiary/aromatic N) is 2. The van der Waals surface area contributed by atoms with E-state index in [9.17, 15) is 0 Å². The molecule has 3 aromatic rings. The summed E-state index contributed by atoms with van der Waals surface area (Å²) in [6, 6.07) is 12.0. The second-order valence-electron chi connectivity index (χ2n) is 5.62. The number of hydrogen-bond acceptors (Lipinski definition) is 6. The maximum absolute atomic E-state index is 5.95.